The van der Waals surface area contributed by atoms with Crippen LogP contribution in [-0.4, -0.2) is 24.1 Å². The van der Waals surface area contributed by atoms with Crippen molar-refractivity contribution in [1.29, 1.82) is 0 Å². The van der Waals surface area contributed by atoms with Gasteiger partial charge in [-0.05, 0) is 18.6 Å². The van der Waals surface area contributed by atoms with Crippen LogP contribution in [0.5, 0.6) is 0 Å². The van der Waals surface area contributed by atoms with Gasteiger partial charge in [0.15, 0.2) is 5.82 Å². The summed E-state index contributed by atoms with van der Waals surface area (Å²) in [7, 11) is -2.39. The summed E-state index contributed by atoms with van der Waals surface area (Å²) in [5, 5.41) is 11.5. The molecule has 108 valence electrons. The van der Waals surface area contributed by atoms with Gasteiger partial charge >= 0.3 is 0 Å². The van der Waals surface area contributed by atoms with Gasteiger partial charge in [0.2, 0.25) is 10.0 Å². The van der Waals surface area contributed by atoms with Gasteiger partial charge in [-0.3, -0.25) is 9.48 Å². The highest BCUT2D eigenvalue weighted by molar-refractivity contribution is 7.89. The smallest absolute Gasteiger partial charge is 0.266 e. The Labute approximate surface area is 120 Å². The summed E-state index contributed by atoms with van der Waals surface area (Å²) in [4.78, 5) is 13.4. The van der Waals surface area contributed by atoms with Crippen molar-refractivity contribution in [3.63, 3.8) is 0 Å². The minimum Gasteiger partial charge on any atom is -0.303 e. The molecule has 2 aromatic heterocycles. The van der Waals surface area contributed by atoms with Crippen LogP contribution >= 0.6 is 11.3 Å². The lowest BCUT2D eigenvalue weighted by Crippen LogP contribution is -2.17. The predicted molar refractivity (Wildman–Crippen MR) is 76.2 cm³/mol. The molecule has 0 atom stereocenters. The Balaban J connectivity index is 2.28. The maximum absolute atomic E-state index is 12.0. The number of carbonyl (C=O) groups is 1. The van der Waals surface area contributed by atoms with Crippen LogP contribution in [0.15, 0.2) is 23.2 Å². The third kappa shape index (κ3) is 3.06. The predicted octanol–water partition coefficient (Wildman–Crippen LogP) is 0.944. The maximum Gasteiger partial charge on any atom is 0.266 e. The largest absolute Gasteiger partial charge is 0.303 e. The number of nitrogens with zero attached hydrogens (tertiary/aromatic N) is 2. The molecule has 0 unspecified atom stereocenters. The monoisotopic (exact) mass is 314 g/mol. The van der Waals surface area contributed by atoms with Gasteiger partial charge in [-0.25, -0.2) is 13.6 Å². The molecular weight excluding hydrogens is 300 g/mol. The molecule has 2 aromatic rings. The molecule has 0 saturated carbocycles. The van der Waals surface area contributed by atoms with E-state index in [1.54, 1.807) is 13.1 Å². The Hall–Kier alpha value is -1.71. The molecule has 0 bridgehead atoms. The quantitative estimate of drug-likeness (QED) is 0.875. The molecule has 0 spiro atoms. The first-order chi connectivity index (χ1) is 9.31. The highest BCUT2D eigenvalue weighted by Gasteiger charge is 2.21. The van der Waals surface area contributed by atoms with Crippen LogP contribution in [0.2, 0.25) is 0 Å². The number of aromatic nitrogens is 2. The van der Waals surface area contributed by atoms with Gasteiger partial charge in [0.1, 0.15) is 4.90 Å². The number of hydrogen-bond acceptors (Lipinski definition) is 5. The Morgan fingerprint density at radius 2 is 2.20 bits per heavy atom. The van der Waals surface area contributed by atoms with Crippen LogP contribution in [-0.2, 0) is 23.5 Å². The molecule has 0 aliphatic rings. The number of sulfonamides is 1. The van der Waals surface area contributed by atoms with Gasteiger partial charge in [0.05, 0.1) is 4.88 Å². The minimum absolute atomic E-state index is 0.0635. The van der Waals surface area contributed by atoms with Crippen molar-refractivity contribution in [2.45, 2.75) is 18.2 Å². The van der Waals surface area contributed by atoms with Crippen molar-refractivity contribution in [3.8, 4) is 0 Å². The highest BCUT2D eigenvalue weighted by Crippen LogP contribution is 2.21. The van der Waals surface area contributed by atoms with E-state index in [0.29, 0.717) is 4.88 Å². The molecule has 0 fully saturated rings. The number of thiophene rings is 1. The van der Waals surface area contributed by atoms with Gasteiger partial charge in [0, 0.05) is 18.1 Å². The second-order valence-corrected chi connectivity index (χ2v) is 6.83. The Morgan fingerprint density at radius 1 is 1.50 bits per heavy atom. The number of rotatable bonds is 4. The van der Waals surface area contributed by atoms with Crippen molar-refractivity contribution in [2.24, 2.45) is 12.2 Å². The first-order valence-corrected chi connectivity index (χ1v) is 8.14. The second-order valence-electron chi connectivity index (χ2n) is 4.13. The Bertz CT molecular complexity index is 746. The van der Waals surface area contributed by atoms with Crippen molar-refractivity contribution in [3.05, 3.63) is 28.1 Å². The number of hydrogen-bond donors (Lipinski definition) is 2. The van der Waals surface area contributed by atoms with E-state index in [1.807, 2.05) is 13.0 Å². The number of primary sulfonamides is 1. The number of amides is 1. The van der Waals surface area contributed by atoms with Gasteiger partial charge in [-0.2, -0.15) is 5.10 Å². The Kier molecular flexibility index (Phi) is 3.93. The van der Waals surface area contributed by atoms with E-state index < -0.39 is 15.9 Å². The average molecular weight is 314 g/mol. The summed E-state index contributed by atoms with van der Waals surface area (Å²) in [5.74, 6) is -0.468. The molecule has 3 N–H and O–H groups in total. The standard InChI is InChI=1S/C11H14N4O3S2/c1-3-7-4-5-8(19-7)11(16)13-10-9(20(12,17)18)6-15(2)14-10/h4-6H,3H2,1-2H3,(H2,12,17,18)(H,13,14,16). The topological polar surface area (TPSA) is 107 Å². The molecule has 0 radical (unpaired) electrons. The van der Waals surface area contributed by atoms with E-state index in [-0.39, 0.29) is 10.7 Å². The first kappa shape index (κ1) is 14.7. The van der Waals surface area contributed by atoms with Crippen LogP contribution in [0.1, 0.15) is 21.5 Å². The van der Waals surface area contributed by atoms with Crippen LogP contribution in [0.3, 0.4) is 0 Å². The van der Waals surface area contributed by atoms with Crippen LogP contribution < -0.4 is 10.5 Å². The number of nitrogens with one attached hydrogen (secondary N) is 1. The zero-order valence-electron chi connectivity index (χ0n) is 11.0. The van der Waals surface area contributed by atoms with E-state index >= 15 is 0 Å². The normalized spacial score (nSPS) is 11.6. The molecule has 7 nitrogen and oxygen atoms in total. The van der Waals surface area contributed by atoms with Crippen molar-refractivity contribution in [1.82, 2.24) is 9.78 Å². The maximum atomic E-state index is 12.0. The molecule has 0 aromatic carbocycles. The lowest BCUT2D eigenvalue weighted by molar-refractivity contribution is 0.103. The fraction of sp³-hybridized carbons (Fsp3) is 0.273. The number of anilines is 1. The van der Waals surface area contributed by atoms with Crippen molar-refractivity contribution >= 4 is 33.1 Å². The molecule has 2 heterocycles. The van der Waals surface area contributed by atoms with Gasteiger partial charge in [0.25, 0.3) is 5.91 Å². The lowest BCUT2D eigenvalue weighted by atomic mass is 10.3. The number of aryl methyl sites for hydroxylation is 2. The number of carbonyl (C=O) groups excluding carboxylic acids is 1. The van der Waals surface area contributed by atoms with Crippen molar-refractivity contribution in [2.75, 3.05) is 5.32 Å². The van der Waals surface area contributed by atoms with E-state index in [0.717, 1.165) is 11.3 Å². The van der Waals surface area contributed by atoms with E-state index in [9.17, 15) is 13.2 Å². The Morgan fingerprint density at radius 3 is 2.75 bits per heavy atom. The third-order valence-electron chi connectivity index (χ3n) is 2.57. The molecule has 0 aliphatic heterocycles. The van der Waals surface area contributed by atoms with Gasteiger partial charge in [-0.1, -0.05) is 6.92 Å². The third-order valence-corrected chi connectivity index (χ3v) is 4.71. The summed E-state index contributed by atoms with van der Waals surface area (Å²) in [6.45, 7) is 1.99. The van der Waals surface area contributed by atoms with E-state index in [2.05, 4.69) is 10.4 Å². The molecular formula is C11H14N4O3S2. The number of nitrogens with two attached hydrogens (primary N) is 1. The molecule has 20 heavy (non-hydrogen) atoms. The van der Waals surface area contributed by atoms with Crippen LogP contribution in [0, 0.1) is 0 Å². The fourth-order valence-corrected chi connectivity index (χ4v) is 3.12. The zero-order valence-corrected chi connectivity index (χ0v) is 12.6. The molecule has 9 heteroatoms. The summed E-state index contributed by atoms with van der Waals surface area (Å²) in [6, 6.07) is 3.55. The molecule has 0 aliphatic carbocycles. The van der Waals surface area contributed by atoms with Crippen LogP contribution in [0.4, 0.5) is 5.82 Å². The second kappa shape index (κ2) is 5.35. The van der Waals surface area contributed by atoms with E-state index in [1.165, 1.54) is 22.2 Å². The van der Waals surface area contributed by atoms with Gasteiger partial charge < -0.3 is 5.32 Å². The summed E-state index contributed by atoms with van der Waals surface area (Å²) < 4.78 is 24.1. The summed E-state index contributed by atoms with van der Waals surface area (Å²) in [5.41, 5.74) is 0. The highest BCUT2D eigenvalue weighted by atomic mass is 32.2. The lowest BCUT2D eigenvalue weighted by Gasteiger charge is -2.01. The first-order valence-electron chi connectivity index (χ1n) is 5.77. The zero-order chi connectivity index (χ0) is 14.9. The average Bonchev–Trinajstić information content (AvgIpc) is 2.94. The SMILES string of the molecule is CCc1ccc(C(=O)Nc2nn(C)cc2S(N)(=O)=O)s1. The molecule has 1 amide bonds. The minimum atomic E-state index is -3.93. The van der Waals surface area contributed by atoms with Gasteiger partial charge in [-0.15, -0.1) is 11.3 Å². The summed E-state index contributed by atoms with van der Waals surface area (Å²) in [6.07, 6.45) is 2.08. The van der Waals surface area contributed by atoms with E-state index in [4.69, 9.17) is 5.14 Å². The summed E-state index contributed by atoms with van der Waals surface area (Å²) >= 11 is 1.35. The molecule has 0 saturated heterocycles. The fourth-order valence-electron chi connectivity index (χ4n) is 1.62. The van der Waals surface area contributed by atoms with Crippen LogP contribution in [0.25, 0.3) is 0 Å². The molecule has 2 rings (SSSR count). The van der Waals surface area contributed by atoms with Crippen molar-refractivity contribution < 1.29 is 13.2 Å².